The topological polar surface area (TPSA) is 41.6 Å². The lowest BCUT2D eigenvalue weighted by atomic mass is 9.84. The normalized spacial score (nSPS) is 14.4. The van der Waals surface area contributed by atoms with Gasteiger partial charge in [0.15, 0.2) is 0 Å². The monoisotopic (exact) mass is 253 g/mol. The molecule has 1 aromatic rings. The standard InChI is InChI=1S/C13H20ClN3/c1-5-10-12(14)11(17(7-3)16-10)8-13(4,6-2)9-15/h5-8H2,1-4H3. The molecule has 94 valence electrons. The highest BCUT2D eigenvalue weighted by Crippen LogP contribution is 2.31. The molecule has 0 radical (unpaired) electrons. The fourth-order valence-electron chi connectivity index (χ4n) is 1.80. The van der Waals surface area contributed by atoms with Crippen LogP contribution in [0.5, 0.6) is 0 Å². The fourth-order valence-corrected chi connectivity index (χ4v) is 2.14. The van der Waals surface area contributed by atoms with E-state index in [0.717, 1.165) is 35.8 Å². The Kier molecular flexibility index (Phi) is 4.59. The van der Waals surface area contributed by atoms with Crippen molar-refractivity contribution in [3.05, 3.63) is 16.4 Å². The van der Waals surface area contributed by atoms with Crippen molar-refractivity contribution in [1.29, 1.82) is 5.26 Å². The van der Waals surface area contributed by atoms with Gasteiger partial charge in [0.1, 0.15) is 0 Å². The highest BCUT2D eigenvalue weighted by Gasteiger charge is 2.26. The van der Waals surface area contributed by atoms with Crippen molar-refractivity contribution >= 4 is 11.6 Å². The molecule has 1 unspecified atom stereocenters. The number of aromatic nitrogens is 2. The van der Waals surface area contributed by atoms with Crippen molar-refractivity contribution in [2.75, 3.05) is 0 Å². The van der Waals surface area contributed by atoms with Gasteiger partial charge in [-0.3, -0.25) is 4.68 Å². The Bertz CT molecular complexity index is 431. The maximum atomic E-state index is 9.24. The van der Waals surface area contributed by atoms with Gasteiger partial charge in [0.2, 0.25) is 0 Å². The molecule has 0 spiro atoms. The average molecular weight is 254 g/mol. The van der Waals surface area contributed by atoms with Crippen LogP contribution in [0.1, 0.15) is 45.5 Å². The van der Waals surface area contributed by atoms with Crippen LogP contribution in [0.25, 0.3) is 0 Å². The first-order chi connectivity index (χ1) is 8.01. The maximum Gasteiger partial charge on any atom is 0.0850 e. The molecule has 4 heteroatoms. The second-order valence-corrected chi connectivity index (χ2v) is 4.96. The molecule has 0 aromatic carbocycles. The highest BCUT2D eigenvalue weighted by molar-refractivity contribution is 6.31. The quantitative estimate of drug-likeness (QED) is 0.805. The van der Waals surface area contributed by atoms with Crippen LogP contribution < -0.4 is 0 Å². The van der Waals surface area contributed by atoms with E-state index < -0.39 is 0 Å². The molecule has 3 nitrogen and oxygen atoms in total. The molecule has 0 saturated carbocycles. The van der Waals surface area contributed by atoms with E-state index in [1.54, 1.807) is 0 Å². The Morgan fingerprint density at radius 3 is 2.47 bits per heavy atom. The van der Waals surface area contributed by atoms with Gasteiger partial charge in [-0.15, -0.1) is 0 Å². The molecular formula is C13H20ClN3. The van der Waals surface area contributed by atoms with E-state index in [9.17, 15) is 5.26 Å². The van der Waals surface area contributed by atoms with E-state index in [-0.39, 0.29) is 5.41 Å². The van der Waals surface area contributed by atoms with Gasteiger partial charge in [-0.1, -0.05) is 25.4 Å². The summed E-state index contributed by atoms with van der Waals surface area (Å²) in [6, 6.07) is 2.38. The largest absolute Gasteiger partial charge is 0.268 e. The van der Waals surface area contributed by atoms with Crippen molar-refractivity contribution in [1.82, 2.24) is 9.78 Å². The van der Waals surface area contributed by atoms with Crippen molar-refractivity contribution in [3.8, 4) is 6.07 Å². The lowest BCUT2D eigenvalue weighted by Gasteiger charge is -2.19. The van der Waals surface area contributed by atoms with Gasteiger partial charge in [0.05, 0.1) is 27.9 Å². The number of hydrogen-bond donors (Lipinski definition) is 0. The van der Waals surface area contributed by atoms with Gasteiger partial charge in [-0.2, -0.15) is 10.4 Å². The Balaban J connectivity index is 3.14. The summed E-state index contributed by atoms with van der Waals surface area (Å²) in [5.41, 5.74) is 1.57. The maximum absolute atomic E-state index is 9.24. The minimum Gasteiger partial charge on any atom is -0.268 e. The Labute approximate surface area is 108 Å². The summed E-state index contributed by atoms with van der Waals surface area (Å²) in [5, 5.41) is 14.5. The number of aryl methyl sites for hydroxylation is 2. The van der Waals surface area contributed by atoms with E-state index in [1.165, 1.54) is 0 Å². The van der Waals surface area contributed by atoms with Gasteiger partial charge >= 0.3 is 0 Å². The molecule has 0 aliphatic heterocycles. The smallest absolute Gasteiger partial charge is 0.0850 e. The van der Waals surface area contributed by atoms with Crippen molar-refractivity contribution in [2.45, 2.75) is 53.5 Å². The van der Waals surface area contributed by atoms with Crippen molar-refractivity contribution < 1.29 is 0 Å². The summed E-state index contributed by atoms with van der Waals surface area (Å²) in [6.45, 7) is 8.88. The van der Waals surface area contributed by atoms with E-state index in [0.29, 0.717) is 6.42 Å². The predicted molar refractivity (Wildman–Crippen MR) is 70.0 cm³/mol. The lowest BCUT2D eigenvalue weighted by molar-refractivity contribution is 0.405. The zero-order valence-electron chi connectivity index (χ0n) is 11.0. The molecule has 17 heavy (non-hydrogen) atoms. The molecule has 0 aliphatic rings. The van der Waals surface area contributed by atoms with Crippen LogP contribution in [-0.4, -0.2) is 9.78 Å². The molecule has 0 fully saturated rings. The summed E-state index contributed by atoms with van der Waals surface area (Å²) in [7, 11) is 0. The zero-order chi connectivity index (χ0) is 13.1. The first kappa shape index (κ1) is 14.1. The first-order valence-electron chi connectivity index (χ1n) is 6.16. The van der Waals surface area contributed by atoms with Crippen LogP contribution in [-0.2, 0) is 19.4 Å². The molecule has 0 amide bonds. The van der Waals surface area contributed by atoms with Crippen LogP contribution in [0.3, 0.4) is 0 Å². The minimum absolute atomic E-state index is 0.360. The predicted octanol–water partition coefficient (Wildman–Crippen LogP) is 3.60. The van der Waals surface area contributed by atoms with E-state index >= 15 is 0 Å². The van der Waals surface area contributed by atoms with Gasteiger partial charge in [0, 0.05) is 13.0 Å². The van der Waals surface area contributed by atoms with Gasteiger partial charge in [0.25, 0.3) is 0 Å². The zero-order valence-corrected chi connectivity index (χ0v) is 11.8. The molecule has 1 rings (SSSR count). The first-order valence-corrected chi connectivity index (χ1v) is 6.54. The molecule has 0 aliphatic carbocycles. The SMILES string of the molecule is CCc1nn(CC)c(CC(C)(C#N)CC)c1Cl. The number of nitriles is 1. The third-order valence-corrected chi connectivity index (χ3v) is 3.74. The molecule has 1 atom stereocenters. The summed E-state index contributed by atoms with van der Waals surface area (Å²) in [6.07, 6.45) is 2.31. The number of halogens is 1. The van der Waals surface area contributed by atoms with Crippen LogP contribution in [0.2, 0.25) is 5.02 Å². The molecule has 1 aromatic heterocycles. The molecule has 0 N–H and O–H groups in total. The Morgan fingerprint density at radius 1 is 1.41 bits per heavy atom. The second-order valence-electron chi connectivity index (χ2n) is 4.58. The molecule has 0 bridgehead atoms. The van der Waals surface area contributed by atoms with Crippen LogP contribution >= 0.6 is 11.6 Å². The minimum atomic E-state index is -0.360. The third kappa shape index (κ3) is 2.81. The molecular weight excluding hydrogens is 234 g/mol. The third-order valence-electron chi connectivity index (χ3n) is 3.30. The summed E-state index contributed by atoms with van der Waals surface area (Å²) >= 11 is 6.34. The van der Waals surface area contributed by atoms with Crippen molar-refractivity contribution in [3.63, 3.8) is 0 Å². The van der Waals surface area contributed by atoms with Gasteiger partial charge in [-0.05, 0) is 26.7 Å². The van der Waals surface area contributed by atoms with Gasteiger partial charge < -0.3 is 0 Å². The van der Waals surface area contributed by atoms with E-state index in [2.05, 4.69) is 11.2 Å². The number of rotatable bonds is 5. The summed E-state index contributed by atoms with van der Waals surface area (Å²) in [5.74, 6) is 0. The van der Waals surface area contributed by atoms with E-state index in [1.807, 2.05) is 32.4 Å². The highest BCUT2D eigenvalue weighted by atomic mass is 35.5. The lowest BCUT2D eigenvalue weighted by Crippen LogP contribution is -2.18. The number of hydrogen-bond acceptors (Lipinski definition) is 2. The Hall–Kier alpha value is -1.01. The fraction of sp³-hybridized carbons (Fsp3) is 0.692. The average Bonchev–Trinajstić information content (AvgIpc) is 2.66. The Morgan fingerprint density at radius 2 is 2.06 bits per heavy atom. The number of nitrogens with zero attached hydrogens (tertiary/aromatic N) is 3. The molecule has 1 heterocycles. The van der Waals surface area contributed by atoms with Crippen LogP contribution in [0.15, 0.2) is 0 Å². The van der Waals surface area contributed by atoms with Crippen LogP contribution in [0.4, 0.5) is 0 Å². The summed E-state index contributed by atoms with van der Waals surface area (Å²) < 4.78 is 1.92. The summed E-state index contributed by atoms with van der Waals surface area (Å²) in [4.78, 5) is 0. The van der Waals surface area contributed by atoms with Crippen molar-refractivity contribution in [2.24, 2.45) is 5.41 Å². The van der Waals surface area contributed by atoms with E-state index in [4.69, 9.17) is 11.6 Å². The van der Waals surface area contributed by atoms with Gasteiger partial charge in [-0.25, -0.2) is 0 Å². The van der Waals surface area contributed by atoms with Crippen LogP contribution in [0, 0.1) is 16.7 Å². The molecule has 0 saturated heterocycles. The second kappa shape index (κ2) is 5.55.